The standard InChI is InChI=1S/C24H21N3/c25-21-9-1-17(2-10-21)19-5-13-23(14-6-19)27-24-15-7-20(8-16-24)18-3-11-22(26)12-4-18/h1-16,27H,25-26H2. The summed E-state index contributed by atoms with van der Waals surface area (Å²) in [5, 5.41) is 3.44. The lowest BCUT2D eigenvalue weighted by Gasteiger charge is -2.09. The van der Waals surface area contributed by atoms with Gasteiger partial charge >= 0.3 is 0 Å². The van der Waals surface area contributed by atoms with Crippen molar-refractivity contribution in [1.29, 1.82) is 0 Å². The molecule has 0 radical (unpaired) electrons. The minimum Gasteiger partial charge on any atom is -0.399 e. The molecular weight excluding hydrogens is 330 g/mol. The molecule has 0 unspecified atom stereocenters. The first kappa shape index (κ1) is 16.7. The maximum Gasteiger partial charge on any atom is 0.0384 e. The van der Waals surface area contributed by atoms with E-state index in [2.05, 4.69) is 53.8 Å². The van der Waals surface area contributed by atoms with E-state index in [0.717, 1.165) is 33.9 Å². The largest absolute Gasteiger partial charge is 0.399 e. The van der Waals surface area contributed by atoms with Gasteiger partial charge in [-0.15, -0.1) is 0 Å². The molecule has 0 atom stereocenters. The highest BCUT2D eigenvalue weighted by molar-refractivity contribution is 5.72. The Morgan fingerprint density at radius 2 is 0.630 bits per heavy atom. The summed E-state index contributed by atoms with van der Waals surface area (Å²) in [7, 11) is 0. The van der Waals surface area contributed by atoms with Gasteiger partial charge in [0.15, 0.2) is 0 Å². The fraction of sp³-hybridized carbons (Fsp3) is 0. The molecule has 0 fully saturated rings. The number of nitrogen functional groups attached to an aromatic ring is 2. The van der Waals surface area contributed by atoms with Crippen LogP contribution in [0.25, 0.3) is 22.3 Å². The number of nitrogens with two attached hydrogens (primary N) is 2. The van der Waals surface area contributed by atoms with E-state index < -0.39 is 0 Å². The van der Waals surface area contributed by atoms with Crippen molar-refractivity contribution in [2.24, 2.45) is 0 Å². The van der Waals surface area contributed by atoms with Crippen LogP contribution < -0.4 is 16.8 Å². The first-order valence-corrected chi connectivity index (χ1v) is 8.86. The van der Waals surface area contributed by atoms with E-state index in [4.69, 9.17) is 11.5 Å². The second-order valence-electron chi connectivity index (χ2n) is 6.52. The molecule has 0 heterocycles. The Labute approximate surface area is 159 Å². The molecule has 0 aliphatic heterocycles. The molecular formula is C24H21N3. The van der Waals surface area contributed by atoms with E-state index in [1.165, 1.54) is 11.1 Å². The Balaban J connectivity index is 1.47. The van der Waals surface area contributed by atoms with Crippen molar-refractivity contribution < 1.29 is 0 Å². The Morgan fingerprint density at radius 3 is 0.926 bits per heavy atom. The lowest BCUT2D eigenvalue weighted by Crippen LogP contribution is -1.90. The monoisotopic (exact) mass is 351 g/mol. The normalized spacial score (nSPS) is 10.5. The molecule has 0 spiro atoms. The van der Waals surface area contributed by atoms with E-state index in [9.17, 15) is 0 Å². The molecule has 0 aliphatic carbocycles. The zero-order valence-electron chi connectivity index (χ0n) is 14.9. The van der Waals surface area contributed by atoms with Crippen LogP contribution in [0.2, 0.25) is 0 Å². The van der Waals surface area contributed by atoms with Gasteiger partial charge in [0.25, 0.3) is 0 Å². The number of hydrogen-bond donors (Lipinski definition) is 3. The maximum atomic E-state index is 5.75. The quantitative estimate of drug-likeness (QED) is 0.399. The zero-order chi connectivity index (χ0) is 18.6. The molecule has 0 saturated heterocycles. The Kier molecular flexibility index (Phi) is 4.50. The first-order chi connectivity index (χ1) is 13.2. The van der Waals surface area contributed by atoms with E-state index >= 15 is 0 Å². The van der Waals surface area contributed by atoms with Crippen molar-refractivity contribution >= 4 is 22.7 Å². The number of hydrogen-bond acceptors (Lipinski definition) is 3. The number of nitrogens with one attached hydrogen (secondary N) is 1. The second kappa shape index (κ2) is 7.26. The Hall–Kier alpha value is -3.72. The molecule has 4 aromatic rings. The van der Waals surface area contributed by atoms with Crippen LogP contribution in [0.4, 0.5) is 22.7 Å². The lowest BCUT2D eigenvalue weighted by atomic mass is 10.0. The van der Waals surface area contributed by atoms with E-state index in [0.29, 0.717) is 0 Å². The van der Waals surface area contributed by atoms with Gasteiger partial charge in [0, 0.05) is 22.7 Å². The van der Waals surface area contributed by atoms with E-state index in [-0.39, 0.29) is 0 Å². The third kappa shape index (κ3) is 3.93. The van der Waals surface area contributed by atoms with Gasteiger partial charge < -0.3 is 16.8 Å². The highest BCUT2D eigenvalue weighted by atomic mass is 14.9. The third-order valence-electron chi connectivity index (χ3n) is 4.55. The van der Waals surface area contributed by atoms with Crippen LogP contribution in [-0.4, -0.2) is 0 Å². The molecule has 0 saturated carbocycles. The van der Waals surface area contributed by atoms with Crippen molar-refractivity contribution in [2.75, 3.05) is 16.8 Å². The minimum atomic E-state index is 0.777. The van der Waals surface area contributed by atoms with Gasteiger partial charge in [-0.2, -0.15) is 0 Å². The summed E-state index contributed by atoms with van der Waals surface area (Å²) < 4.78 is 0. The maximum absolute atomic E-state index is 5.75. The molecule has 3 heteroatoms. The summed E-state index contributed by atoms with van der Waals surface area (Å²) in [6, 6.07) is 32.6. The summed E-state index contributed by atoms with van der Waals surface area (Å²) in [6.45, 7) is 0. The summed E-state index contributed by atoms with van der Waals surface area (Å²) in [5.41, 5.74) is 19.8. The van der Waals surface area contributed by atoms with E-state index in [1.807, 2.05) is 48.5 Å². The second-order valence-corrected chi connectivity index (χ2v) is 6.52. The SMILES string of the molecule is Nc1ccc(-c2ccc(Nc3ccc(-c4ccc(N)cc4)cc3)cc2)cc1. The topological polar surface area (TPSA) is 64.1 Å². The number of benzene rings is 4. The number of rotatable bonds is 4. The molecule has 0 aliphatic rings. The fourth-order valence-corrected chi connectivity index (χ4v) is 3.01. The summed E-state index contributed by atoms with van der Waals surface area (Å²) >= 11 is 0. The van der Waals surface area contributed by atoms with Crippen molar-refractivity contribution in [3.63, 3.8) is 0 Å². The third-order valence-corrected chi connectivity index (χ3v) is 4.55. The summed E-state index contributed by atoms with van der Waals surface area (Å²) in [5.74, 6) is 0. The van der Waals surface area contributed by atoms with Gasteiger partial charge in [0.1, 0.15) is 0 Å². The van der Waals surface area contributed by atoms with Crippen molar-refractivity contribution in [1.82, 2.24) is 0 Å². The predicted molar refractivity (Wildman–Crippen MR) is 116 cm³/mol. The summed E-state index contributed by atoms with van der Waals surface area (Å²) in [4.78, 5) is 0. The first-order valence-electron chi connectivity index (χ1n) is 8.86. The van der Waals surface area contributed by atoms with Crippen LogP contribution in [0.15, 0.2) is 97.1 Å². The van der Waals surface area contributed by atoms with Crippen molar-refractivity contribution in [3.05, 3.63) is 97.1 Å². The van der Waals surface area contributed by atoms with Gasteiger partial charge in [-0.05, 0) is 70.8 Å². The van der Waals surface area contributed by atoms with Gasteiger partial charge in [0.2, 0.25) is 0 Å². The van der Waals surface area contributed by atoms with Gasteiger partial charge in [-0.1, -0.05) is 48.5 Å². The molecule has 0 amide bonds. The molecule has 5 N–H and O–H groups in total. The van der Waals surface area contributed by atoms with Crippen molar-refractivity contribution in [3.8, 4) is 22.3 Å². The van der Waals surface area contributed by atoms with Gasteiger partial charge in [-0.25, -0.2) is 0 Å². The molecule has 0 aromatic heterocycles. The predicted octanol–water partition coefficient (Wildman–Crippen LogP) is 5.93. The Morgan fingerprint density at radius 1 is 0.370 bits per heavy atom. The summed E-state index contributed by atoms with van der Waals surface area (Å²) in [6.07, 6.45) is 0. The highest BCUT2D eigenvalue weighted by Crippen LogP contribution is 2.26. The molecule has 4 aromatic carbocycles. The zero-order valence-corrected chi connectivity index (χ0v) is 14.9. The van der Waals surface area contributed by atoms with Gasteiger partial charge in [0.05, 0.1) is 0 Å². The van der Waals surface area contributed by atoms with E-state index in [1.54, 1.807) is 0 Å². The molecule has 0 bridgehead atoms. The molecule has 132 valence electrons. The van der Waals surface area contributed by atoms with Crippen LogP contribution >= 0.6 is 0 Å². The Bertz CT molecular complexity index is 930. The minimum absolute atomic E-state index is 0.777. The highest BCUT2D eigenvalue weighted by Gasteiger charge is 2.01. The number of anilines is 4. The van der Waals surface area contributed by atoms with Crippen LogP contribution in [-0.2, 0) is 0 Å². The molecule has 27 heavy (non-hydrogen) atoms. The average Bonchev–Trinajstić information content (AvgIpc) is 2.71. The fourth-order valence-electron chi connectivity index (χ4n) is 3.01. The van der Waals surface area contributed by atoms with Crippen LogP contribution in [0.1, 0.15) is 0 Å². The van der Waals surface area contributed by atoms with Gasteiger partial charge in [-0.3, -0.25) is 0 Å². The lowest BCUT2D eigenvalue weighted by molar-refractivity contribution is 1.53. The molecule has 3 nitrogen and oxygen atoms in total. The van der Waals surface area contributed by atoms with Crippen LogP contribution in [0, 0.1) is 0 Å². The van der Waals surface area contributed by atoms with Crippen LogP contribution in [0.5, 0.6) is 0 Å². The van der Waals surface area contributed by atoms with Crippen molar-refractivity contribution in [2.45, 2.75) is 0 Å². The molecule has 4 rings (SSSR count). The smallest absolute Gasteiger partial charge is 0.0384 e. The average molecular weight is 351 g/mol. The van der Waals surface area contributed by atoms with Crippen LogP contribution in [0.3, 0.4) is 0 Å².